The van der Waals surface area contributed by atoms with E-state index < -0.39 is 8.07 Å². The predicted octanol–water partition coefficient (Wildman–Crippen LogP) is 7.35. The second kappa shape index (κ2) is 9.81. The topological polar surface area (TPSA) is 0 Å². The highest BCUT2D eigenvalue weighted by molar-refractivity contribution is 6.90. The van der Waals surface area contributed by atoms with Gasteiger partial charge in [-0.15, -0.1) is 11.5 Å². The lowest BCUT2D eigenvalue weighted by Crippen LogP contribution is -2.43. The van der Waals surface area contributed by atoms with Crippen molar-refractivity contribution in [2.75, 3.05) is 0 Å². The quantitative estimate of drug-likeness (QED) is 0.376. The van der Waals surface area contributed by atoms with Gasteiger partial charge in [0.05, 0.1) is 0 Å². The third-order valence-electron chi connectivity index (χ3n) is 5.96. The maximum Gasteiger partial charge on any atom is 0.145 e. The van der Waals surface area contributed by atoms with Crippen LogP contribution in [-0.4, -0.2) is 8.07 Å². The Morgan fingerprint density at radius 3 is 1.36 bits per heavy atom. The van der Waals surface area contributed by atoms with Crippen molar-refractivity contribution < 1.29 is 0 Å². The molecule has 0 spiro atoms. The molecule has 0 unspecified atom stereocenters. The van der Waals surface area contributed by atoms with Gasteiger partial charge in [-0.1, -0.05) is 86.5 Å². The molecular weight excluding hydrogens is 280 g/mol. The van der Waals surface area contributed by atoms with Crippen LogP contribution in [0.25, 0.3) is 0 Å². The lowest BCUT2D eigenvalue weighted by atomic mass is 9.93. The van der Waals surface area contributed by atoms with Crippen molar-refractivity contribution in [1.82, 2.24) is 0 Å². The Kier molecular flexibility index (Phi) is 8.84. The van der Waals surface area contributed by atoms with Gasteiger partial charge in [0.15, 0.2) is 0 Å². The van der Waals surface area contributed by atoms with Crippen molar-refractivity contribution in [3.8, 4) is 11.5 Å². The van der Waals surface area contributed by atoms with E-state index in [1.807, 2.05) is 0 Å². The Hall–Kier alpha value is -0.223. The molecule has 0 aromatic heterocycles. The van der Waals surface area contributed by atoms with Gasteiger partial charge in [-0.25, -0.2) is 0 Å². The smallest absolute Gasteiger partial charge is 0.130 e. The second-order valence-electron chi connectivity index (χ2n) is 8.42. The van der Waals surface area contributed by atoms with E-state index in [2.05, 4.69) is 53.0 Å². The first-order valence-corrected chi connectivity index (χ1v) is 12.2. The van der Waals surface area contributed by atoms with Crippen LogP contribution < -0.4 is 0 Å². The summed E-state index contributed by atoms with van der Waals surface area (Å²) in [5, 5.41) is 0. The van der Waals surface area contributed by atoms with E-state index in [0.717, 1.165) is 16.6 Å². The molecule has 0 amide bonds. The first-order valence-electron chi connectivity index (χ1n) is 9.94. The Bertz CT molecular complexity index is 324. The molecule has 0 bridgehead atoms. The molecule has 0 saturated heterocycles. The largest absolute Gasteiger partial charge is 0.145 e. The van der Waals surface area contributed by atoms with E-state index in [-0.39, 0.29) is 0 Å². The van der Waals surface area contributed by atoms with Crippen molar-refractivity contribution >= 4 is 8.07 Å². The molecule has 0 heterocycles. The summed E-state index contributed by atoms with van der Waals surface area (Å²) in [5.41, 5.74) is 6.26. The highest BCUT2D eigenvalue weighted by Crippen LogP contribution is 2.41. The highest BCUT2D eigenvalue weighted by Gasteiger charge is 2.41. The molecule has 0 aliphatic heterocycles. The highest BCUT2D eigenvalue weighted by atomic mass is 28.3. The summed E-state index contributed by atoms with van der Waals surface area (Å²) in [4.78, 5) is 0. The van der Waals surface area contributed by atoms with Crippen LogP contribution in [0.1, 0.15) is 99.3 Å². The second-order valence-corrected chi connectivity index (χ2v) is 14.0. The molecule has 0 radical (unpaired) electrons. The van der Waals surface area contributed by atoms with Gasteiger partial charge in [-0.2, -0.15) is 0 Å². The standard InChI is InChI=1S/C21H40Si/c1-18(2)22(19(3)4,20(5)6)17-16-21-14-12-10-8-7-9-11-13-15-21/h18-21H,7-15H2,1-6H3. The fourth-order valence-corrected chi connectivity index (χ4v) is 9.93. The van der Waals surface area contributed by atoms with Gasteiger partial charge in [0.25, 0.3) is 0 Å². The van der Waals surface area contributed by atoms with Crippen molar-refractivity contribution in [2.24, 2.45) is 5.92 Å². The van der Waals surface area contributed by atoms with Crippen molar-refractivity contribution in [1.29, 1.82) is 0 Å². The van der Waals surface area contributed by atoms with Gasteiger partial charge >= 0.3 is 0 Å². The molecular formula is C21H40Si. The third-order valence-corrected chi connectivity index (χ3v) is 12.3. The average Bonchev–Trinajstić information content (AvgIpc) is 2.45. The molecule has 1 aliphatic rings. The SMILES string of the molecule is CC(C)[Si](C#CC1CCCCCCCCC1)(C(C)C)C(C)C. The molecule has 0 aromatic carbocycles. The molecule has 0 atom stereocenters. The summed E-state index contributed by atoms with van der Waals surface area (Å²) in [6.45, 7) is 14.5. The molecule has 1 rings (SSSR count). The lowest BCUT2D eigenvalue weighted by molar-refractivity contribution is 0.453. The fraction of sp³-hybridized carbons (Fsp3) is 0.905. The van der Waals surface area contributed by atoms with Gasteiger partial charge in [-0.05, 0) is 29.5 Å². The fourth-order valence-electron chi connectivity index (χ4n) is 4.61. The minimum Gasteiger partial charge on any atom is -0.130 e. The van der Waals surface area contributed by atoms with Crippen molar-refractivity contribution in [3.63, 3.8) is 0 Å². The Balaban J connectivity index is 2.88. The summed E-state index contributed by atoms with van der Waals surface area (Å²) >= 11 is 0. The maximum atomic E-state index is 3.97. The number of hydrogen-bond donors (Lipinski definition) is 0. The average molecular weight is 321 g/mol. The van der Waals surface area contributed by atoms with E-state index in [1.54, 1.807) is 0 Å². The summed E-state index contributed by atoms with van der Waals surface area (Å²) in [7, 11) is -1.52. The van der Waals surface area contributed by atoms with Crippen LogP contribution >= 0.6 is 0 Å². The zero-order valence-corrected chi connectivity index (χ0v) is 17.2. The molecule has 22 heavy (non-hydrogen) atoms. The summed E-state index contributed by atoms with van der Waals surface area (Å²) in [6, 6.07) is 0. The third kappa shape index (κ3) is 5.45. The molecule has 1 saturated carbocycles. The maximum absolute atomic E-state index is 3.97. The Labute approximate surface area is 141 Å². The summed E-state index contributed by atoms with van der Waals surface area (Å²) < 4.78 is 0. The van der Waals surface area contributed by atoms with Crippen LogP contribution in [0.4, 0.5) is 0 Å². The molecule has 1 fully saturated rings. The van der Waals surface area contributed by atoms with Gasteiger partial charge in [0.2, 0.25) is 0 Å². The van der Waals surface area contributed by atoms with Gasteiger partial charge in [0.1, 0.15) is 8.07 Å². The van der Waals surface area contributed by atoms with Gasteiger partial charge in [0, 0.05) is 5.92 Å². The normalized spacial score (nSPS) is 19.3. The zero-order valence-electron chi connectivity index (χ0n) is 16.2. The summed E-state index contributed by atoms with van der Waals surface area (Å²) in [5.74, 6) is 4.52. The van der Waals surface area contributed by atoms with Crippen LogP contribution in [0.2, 0.25) is 16.6 Å². The number of hydrogen-bond acceptors (Lipinski definition) is 0. The van der Waals surface area contributed by atoms with Crippen LogP contribution in [0.3, 0.4) is 0 Å². The molecule has 1 aliphatic carbocycles. The van der Waals surface area contributed by atoms with Crippen molar-refractivity contribution in [2.45, 2.75) is 116 Å². The first kappa shape index (κ1) is 19.8. The van der Waals surface area contributed by atoms with Gasteiger partial charge in [-0.3, -0.25) is 0 Å². The van der Waals surface area contributed by atoms with E-state index in [4.69, 9.17) is 0 Å². The lowest BCUT2D eigenvalue weighted by Gasteiger charge is -2.38. The Morgan fingerprint density at radius 2 is 1.00 bits per heavy atom. The molecule has 0 nitrogen and oxygen atoms in total. The predicted molar refractivity (Wildman–Crippen MR) is 104 cm³/mol. The van der Waals surface area contributed by atoms with Crippen LogP contribution in [0.5, 0.6) is 0 Å². The van der Waals surface area contributed by atoms with E-state index in [1.165, 1.54) is 57.8 Å². The number of rotatable bonds is 3. The van der Waals surface area contributed by atoms with Crippen LogP contribution in [-0.2, 0) is 0 Å². The minimum atomic E-state index is -1.52. The van der Waals surface area contributed by atoms with Crippen LogP contribution in [0, 0.1) is 17.4 Å². The Morgan fingerprint density at radius 1 is 0.636 bits per heavy atom. The molecule has 1 heteroatoms. The molecule has 0 N–H and O–H groups in total. The monoisotopic (exact) mass is 320 g/mol. The van der Waals surface area contributed by atoms with Crippen molar-refractivity contribution in [3.05, 3.63) is 0 Å². The van der Waals surface area contributed by atoms with Gasteiger partial charge < -0.3 is 0 Å². The zero-order chi connectivity index (χ0) is 16.6. The van der Waals surface area contributed by atoms with E-state index in [0.29, 0.717) is 5.92 Å². The minimum absolute atomic E-state index is 0.682. The summed E-state index contributed by atoms with van der Waals surface area (Å²) in [6.07, 6.45) is 12.7. The molecule has 128 valence electrons. The first-order chi connectivity index (χ1) is 10.4. The molecule has 0 aromatic rings. The van der Waals surface area contributed by atoms with Crippen LogP contribution in [0.15, 0.2) is 0 Å². The van der Waals surface area contributed by atoms with E-state index in [9.17, 15) is 0 Å². The van der Waals surface area contributed by atoms with E-state index >= 15 is 0 Å².